The SMILES string of the molecule is COc1ccc(C(C)N2CCN(c3ccc(C=O)cc3)CC2)c(OC)c1. The van der Waals surface area contributed by atoms with Crippen LogP contribution in [-0.4, -0.2) is 51.6 Å². The van der Waals surface area contributed by atoms with Gasteiger partial charge >= 0.3 is 0 Å². The Morgan fingerprint density at radius 3 is 2.23 bits per heavy atom. The Hall–Kier alpha value is -2.53. The molecule has 0 aliphatic carbocycles. The smallest absolute Gasteiger partial charge is 0.150 e. The van der Waals surface area contributed by atoms with Crippen molar-refractivity contribution in [3.63, 3.8) is 0 Å². The van der Waals surface area contributed by atoms with Crippen LogP contribution >= 0.6 is 0 Å². The van der Waals surface area contributed by atoms with Crippen molar-refractivity contribution in [2.24, 2.45) is 0 Å². The molecule has 0 aromatic heterocycles. The molecule has 0 saturated carbocycles. The van der Waals surface area contributed by atoms with Crippen molar-refractivity contribution in [1.82, 2.24) is 4.90 Å². The number of hydrogen-bond acceptors (Lipinski definition) is 5. The summed E-state index contributed by atoms with van der Waals surface area (Å²) in [4.78, 5) is 15.6. The molecule has 138 valence electrons. The molecular formula is C21H26N2O3. The molecule has 26 heavy (non-hydrogen) atoms. The van der Waals surface area contributed by atoms with Crippen LogP contribution in [0.15, 0.2) is 42.5 Å². The molecule has 1 atom stereocenters. The third kappa shape index (κ3) is 3.83. The molecule has 0 spiro atoms. The molecule has 3 rings (SSSR count). The summed E-state index contributed by atoms with van der Waals surface area (Å²) in [6, 6.07) is 14.1. The molecule has 5 nitrogen and oxygen atoms in total. The highest BCUT2D eigenvalue weighted by Gasteiger charge is 2.24. The minimum absolute atomic E-state index is 0.274. The fourth-order valence-electron chi connectivity index (χ4n) is 3.49. The van der Waals surface area contributed by atoms with Crippen LogP contribution in [0.3, 0.4) is 0 Å². The first-order valence-corrected chi connectivity index (χ1v) is 8.92. The molecular weight excluding hydrogens is 328 g/mol. The van der Waals surface area contributed by atoms with Gasteiger partial charge < -0.3 is 14.4 Å². The maximum absolute atomic E-state index is 10.8. The van der Waals surface area contributed by atoms with Crippen molar-refractivity contribution >= 4 is 12.0 Å². The first-order valence-electron chi connectivity index (χ1n) is 8.92. The number of carbonyl (C=O) groups is 1. The van der Waals surface area contributed by atoms with Crippen molar-refractivity contribution in [2.75, 3.05) is 45.3 Å². The maximum Gasteiger partial charge on any atom is 0.150 e. The Morgan fingerprint density at radius 2 is 1.65 bits per heavy atom. The molecule has 2 aromatic rings. The lowest BCUT2D eigenvalue weighted by atomic mass is 10.0. The number of benzene rings is 2. The highest BCUT2D eigenvalue weighted by atomic mass is 16.5. The lowest BCUT2D eigenvalue weighted by Crippen LogP contribution is -2.47. The fourth-order valence-corrected chi connectivity index (χ4v) is 3.49. The minimum Gasteiger partial charge on any atom is -0.497 e. The summed E-state index contributed by atoms with van der Waals surface area (Å²) in [7, 11) is 3.37. The van der Waals surface area contributed by atoms with Crippen LogP contribution < -0.4 is 14.4 Å². The van der Waals surface area contributed by atoms with Gasteiger partial charge in [0, 0.05) is 55.1 Å². The van der Waals surface area contributed by atoms with Gasteiger partial charge in [-0.25, -0.2) is 0 Å². The zero-order chi connectivity index (χ0) is 18.5. The predicted molar refractivity (Wildman–Crippen MR) is 104 cm³/mol. The number of rotatable bonds is 6. The van der Waals surface area contributed by atoms with Crippen molar-refractivity contribution < 1.29 is 14.3 Å². The summed E-state index contributed by atoms with van der Waals surface area (Å²) in [5.74, 6) is 1.67. The van der Waals surface area contributed by atoms with Gasteiger partial charge in [-0.2, -0.15) is 0 Å². The predicted octanol–water partition coefficient (Wildman–Crippen LogP) is 3.40. The average molecular weight is 354 g/mol. The van der Waals surface area contributed by atoms with Crippen molar-refractivity contribution in [3.8, 4) is 11.5 Å². The van der Waals surface area contributed by atoms with Crippen LogP contribution in [-0.2, 0) is 0 Å². The molecule has 1 heterocycles. The average Bonchev–Trinajstić information content (AvgIpc) is 2.73. The number of aldehydes is 1. The van der Waals surface area contributed by atoms with Gasteiger partial charge in [-0.1, -0.05) is 6.07 Å². The van der Waals surface area contributed by atoms with E-state index in [0.29, 0.717) is 5.56 Å². The van der Waals surface area contributed by atoms with Crippen LogP contribution in [0.4, 0.5) is 5.69 Å². The van der Waals surface area contributed by atoms with Gasteiger partial charge in [0.2, 0.25) is 0 Å². The van der Waals surface area contributed by atoms with Gasteiger partial charge in [0.15, 0.2) is 0 Å². The molecule has 1 aliphatic rings. The number of ether oxygens (including phenoxy) is 2. The van der Waals surface area contributed by atoms with E-state index in [-0.39, 0.29) is 6.04 Å². The number of nitrogens with zero attached hydrogens (tertiary/aromatic N) is 2. The molecule has 5 heteroatoms. The second-order valence-corrected chi connectivity index (χ2v) is 6.52. The third-order valence-electron chi connectivity index (χ3n) is 5.15. The van der Waals surface area contributed by atoms with E-state index >= 15 is 0 Å². The Balaban J connectivity index is 1.66. The third-order valence-corrected chi connectivity index (χ3v) is 5.15. The van der Waals surface area contributed by atoms with E-state index in [9.17, 15) is 4.79 Å². The van der Waals surface area contributed by atoms with Crippen LogP contribution in [0.2, 0.25) is 0 Å². The molecule has 1 aliphatic heterocycles. The Morgan fingerprint density at radius 1 is 0.962 bits per heavy atom. The number of anilines is 1. The van der Waals surface area contributed by atoms with Gasteiger partial charge in [-0.15, -0.1) is 0 Å². The van der Waals surface area contributed by atoms with Crippen molar-refractivity contribution in [3.05, 3.63) is 53.6 Å². The van der Waals surface area contributed by atoms with E-state index in [1.165, 1.54) is 11.3 Å². The Labute approximate surface area is 155 Å². The van der Waals surface area contributed by atoms with E-state index in [2.05, 4.69) is 22.8 Å². The second kappa shape index (κ2) is 8.23. The zero-order valence-corrected chi connectivity index (χ0v) is 15.6. The topological polar surface area (TPSA) is 42.0 Å². The van der Waals surface area contributed by atoms with Crippen LogP contribution in [0.5, 0.6) is 11.5 Å². The summed E-state index contributed by atoms with van der Waals surface area (Å²) < 4.78 is 10.9. The number of hydrogen-bond donors (Lipinski definition) is 0. The molecule has 0 bridgehead atoms. The number of methoxy groups -OCH3 is 2. The van der Waals surface area contributed by atoms with Crippen LogP contribution in [0, 0.1) is 0 Å². The van der Waals surface area contributed by atoms with Gasteiger partial charge in [0.05, 0.1) is 14.2 Å². The first kappa shape index (κ1) is 18.3. The number of piperazine rings is 1. The largest absolute Gasteiger partial charge is 0.497 e. The number of carbonyl (C=O) groups excluding carboxylic acids is 1. The molecule has 0 N–H and O–H groups in total. The summed E-state index contributed by atoms with van der Waals surface area (Å²) in [6.45, 7) is 6.10. The van der Waals surface area contributed by atoms with Crippen molar-refractivity contribution in [1.29, 1.82) is 0 Å². The van der Waals surface area contributed by atoms with Crippen molar-refractivity contribution in [2.45, 2.75) is 13.0 Å². The highest BCUT2D eigenvalue weighted by molar-refractivity contribution is 5.75. The van der Waals surface area contributed by atoms with Crippen LogP contribution in [0.25, 0.3) is 0 Å². The maximum atomic E-state index is 10.8. The molecule has 0 amide bonds. The highest BCUT2D eigenvalue weighted by Crippen LogP contribution is 2.33. The van der Waals surface area contributed by atoms with E-state index in [1.807, 2.05) is 36.4 Å². The van der Waals surface area contributed by atoms with Crippen LogP contribution in [0.1, 0.15) is 28.9 Å². The summed E-state index contributed by atoms with van der Waals surface area (Å²) in [5, 5.41) is 0. The Bertz CT molecular complexity index is 737. The molecule has 0 radical (unpaired) electrons. The molecule has 2 aromatic carbocycles. The van der Waals surface area contributed by atoms with Gasteiger partial charge in [0.1, 0.15) is 17.8 Å². The molecule has 1 saturated heterocycles. The summed E-state index contributed by atoms with van der Waals surface area (Å²) in [5.41, 5.74) is 3.06. The standard InChI is InChI=1S/C21H26N2O3/c1-16(20-9-8-19(25-2)14-21(20)26-3)22-10-12-23(13-11-22)18-6-4-17(15-24)5-7-18/h4-9,14-16H,10-13H2,1-3H3. The normalized spacial score (nSPS) is 16.2. The Kier molecular flexibility index (Phi) is 5.78. The van der Waals surface area contributed by atoms with Gasteiger partial charge in [0.25, 0.3) is 0 Å². The first-order chi connectivity index (χ1) is 12.7. The van der Waals surface area contributed by atoms with E-state index < -0.39 is 0 Å². The zero-order valence-electron chi connectivity index (χ0n) is 15.6. The monoisotopic (exact) mass is 354 g/mol. The van der Waals surface area contributed by atoms with Gasteiger partial charge in [-0.3, -0.25) is 9.69 Å². The summed E-state index contributed by atoms with van der Waals surface area (Å²) >= 11 is 0. The quantitative estimate of drug-likeness (QED) is 0.744. The lowest BCUT2D eigenvalue weighted by molar-refractivity contribution is 0.112. The second-order valence-electron chi connectivity index (χ2n) is 6.52. The van der Waals surface area contributed by atoms with E-state index in [1.54, 1.807) is 14.2 Å². The fraction of sp³-hybridized carbons (Fsp3) is 0.381. The van der Waals surface area contributed by atoms with E-state index in [4.69, 9.17) is 9.47 Å². The van der Waals surface area contributed by atoms with Gasteiger partial charge in [-0.05, 0) is 37.3 Å². The minimum atomic E-state index is 0.274. The molecule has 1 fully saturated rings. The van der Waals surface area contributed by atoms with E-state index in [0.717, 1.165) is 44.0 Å². The summed E-state index contributed by atoms with van der Waals surface area (Å²) in [6.07, 6.45) is 0.881. The lowest BCUT2D eigenvalue weighted by Gasteiger charge is -2.39. The molecule has 1 unspecified atom stereocenters.